The Morgan fingerprint density at radius 2 is 1.78 bits per heavy atom. The summed E-state index contributed by atoms with van der Waals surface area (Å²) in [5, 5.41) is 0.0995. The molecule has 0 aliphatic heterocycles. The Balaban J connectivity index is 2.12. The smallest absolute Gasteiger partial charge is 0.573 e. The molecule has 0 saturated carbocycles. The highest BCUT2D eigenvalue weighted by molar-refractivity contribution is 7.80. The van der Waals surface area contributed by atoms with Gasteiger partial charge in [0, 0.05) is 17.0 Å². The summed E-state index contributed by atoms with van der Waals surface area (Å²) in [7, 11) is 0. The Kier molecular flexibility index (Phi) is 6.93. The molecule has 0 aliphatic carbocycles. The van der Waals surface area contributed by atoms with E-state index in [1.165, 1.54) is 18.2 Å². The van der Waals surface area contributed by atoms with Crippen LogP contribution in [0.15, 0.2) is 42.5 Å². The first-order valence-electron chi connectivity index (χ1n) is 6.94. The molecule has 0 saturated heterocycles. The predicted molar refractivity (Wildman–Crippen MR) is 91.5 cm³/mol. The van der Waals surface area contributed by atoms with E-state index in [1.807, 2.05) is 0 Å². The van der Waals surface area contributed by atoms with Gasteiger partial charge in [0.1, 0.15) is 17.3 Å². The quantitative estimate of drug-likeness (QED) is 0.382. The van der Waals surface area contributed by atoms with E-state index in [0.29, 0.717) is 4.31 Å². The number of halogens is 5. The average molecular weight is 443 g/mol. The van der Waals surface area contributed by atoms with Crippen LogP contribution in [0.3, 0.4) is 0 Å². The lowest BCUT2D eigenvalue weighted by atomic mass is 10.3. The van der Waals surface area contributed by atoms with E-state index in [1.54, 1.807) is 0 Å². The van der Waals surface area contributed by atoms with Crippen molar-refractivity contribution in [1.29, 1.82) is 0 Å². The van der Waals surface area contributed by atoms with Crippen LogP contribution in [-0.2, 0) is 16.1 Å². The van der Waals surface area contributed by atoms with E-state index < -0.39 is 35.9 Å². The molecule has 2 aromatic rings. The predicted octanol–water partition coefficient (Wildman–Crippen LogP) is 4.10. The first kappa shape index (κ1) is 21.3. The van der Waals surface area contributed by atoms with Crippen molar-refractivity contribution in [3.05, 3.63) is 52.5 Å². The van der Waals surface area contributed by atoms with E-state index >= 15 is 0 Å². The number of carbonyl (C=O) groups excluding carboxylic acids is 1. The largest absolute Gasteiger partial charge is 0.755 e. The molecule has 0 radical (unpaired) electrons. The summed E-state index contributed by atoms with van der Waals surface area (Å²) < 4.78 is 68.5. The van der Waals surface area contributed by atoms with Gasteiger partial charge in [0.2, 0.25) is 0 Å². The van der Waals surface area contributed by atoms with E-state index in [-0.39, 0.29) is 21.5 Å². The highest BCUT2D eigenvalue weighted by Crippen LogP contribution is 2.32. The molecular formula is C15H9Cl2F3NO5S-. The molecule has 0 N–H and O–H groups in total. The zero-order valence-corrected chi connectivity index (χ0v) is 15.4. The van der Waals surface area contributed by atoms with Crippen LogP contribution in [0, 0.1) is 0 Å². The van der Waals surface area contributed by atoms with E-state index in [4.69, 9.17) is 27.9 Å². The monoisotopic (exact) mass is 442 g/mol. The number of alkyl halides is 3. The standard InChI is InChI=1S/C15H10Cl2F3NO5S/c16-11-2-1-3-12(14(11)17)25-13(22)8-21(27(23)24)9-4-6-10(7-5-9)26-15(18,19)20/h1-7H,8H2,(H,23,24)/p-1. The van der Waals surface area contributed by atoms with Crippen molar-refractivity contribution in [2.45, 2.75) is 6.36 Å². The second-order valence-corrected chi connectivity index (χ2v) is 6.48. The van der Waals surface area contributed by atoms with Gasteiger partial charge < -0.3 is 14.0 Å². The van der Waals surface area contributed by atoms with Crippen molar-refractivity contribution >= 4 is 46.1 Å². The molecule has 0 aromatic heterocycles. The van der Waals surface area contributed by atoms with Crippen LogP contribution in [0.1, 0.15) is 0 Å². The molecule has 2 rings (SSSR count). The minimum atomic E-state index is -4.89. The van der Waals surface area contributed by atoms with E-state index in [0.717, 1.165) is 24.3 Å². The summed E-state index contributed by atoms with van der Waals surface area (Å²) in [6, 6.07) is 8.18. The summed E-state index contributed by atoms with van der Waals surface area (Å²) in [5.74, 6) is -1.60. The molecule has 12 heteroatoms. The lowest BCUT2D eigenvalue weighted by Gasteiger charge is -2.25. The maximum absolute atomic E-state index is 12.2. The number of rotatable bonds is 6. The van der Waals surface area contributed by atoms with Gasteiger partial charge in [0.25, 0.3) is 0 Å². The minimum Gasteiger partial charge on any atom is -0.755 e. The van der Waals surface area contributed by atoms with Gasteiger partial charge in [-0.05, 0) is 36.4 Å². The van der Waals surface area contributed by atoms with Crippen molar-refractivity contribution in [2.24, 2.45) is 0 Å². The third-order valence-electron chi connectivity index (χ3n) is 2.95. The zero-order valence-electron chi connectivity index (χ0n) is 13.0. The average Bonchev–Trinajstić information content (AvgIpc) is 2.56. The van der Waals surface area contributed by atoms with E-state index in [2.05, 4.69) is 4.74 Å². The first-order valence-corrected chi connectivity index (χ1v) is 8.73. The van der Waals surface area contributed by atoms with Gasteiger partial charge in [0.15, 0.2) is 5.75 Å². The van der Waals surface area contributed by atoms with Gasteiger partial charge in [-0.15, -0.1) is 13.2 Å². The molecule has 0 bridgehead atoms. The Morgan fingerprint density at radius 3 is 2.33 bits per heavy atom. The maximum atomic E-state index is 12.2. The van der Waals surface area contributed by atoms with Gasteiger partial charge in [-0.25, -0.2) is 4.79 Å². The number of carbonyl (C=O) groups is 1. The van der Waals surface area contributed by atoms with Gasteiger partial charge in [0.05, 0.1) is 5.02 Å². The second-order valence-electron chi connectivity index (χ2n) is 4.82. The highest BCUT2D eigenvalue weighted by atomic mass is 35.5. The first-order chi connectivity index (χ1) is 12.6. The van der Waals surface area contributed by atoms with Gasteiger partial charge in [-0.2, -0.15) is 0 Å². The van der Waals surface area contributed by atoms with Crippen LogP contribution in [-0.4, -0.2) is 27.6 Å². The number of hydrogen-bond acceptors (Lipinski definition) is 5. The van der Waals surface area contributed by atoms with Gasteiger partial charge >= 0.3 is 12.3 Å². The topological polar surface area (TPSA) is 78.9 Å². The summed E-state index contributed by atoms with van der Waals surface area (Å²) in [4.78, 5) is 12.0. The molecule has 0 heterocycles. The Bertz CT molecular complexity index is 848. The SMILES string of the molecule is O=C(CN(c1ccc(OC(F)(F)F)cc1)S(=O)[O-])Oc1cccc(Cl)c1Cl. The van der Waals surface area contributed by atoms with Crippen LogP contribution in [0.2, 0.25) is 10.0 Å². The van der Waals surface area contributed by atoms with Crippen LogP contribution in [0.5, 0.6) is 11.5 Å². The van der Waals surface area contributed by atoms with Crippen molar-refractivity contribution in [2.75, 3.05) is 10.8 Å². The van der Waals surface area contributed by atoms with Crippen molar-refractivity contribution < 1.29 is 36.2 Å². The summed E-state index contributed by atoms with van der Waals surface area (Å²) in [6.07, 6.45) is -4.89. The molecule has 1 unspecified atom stereocenters. The summed E-state index contributed by atoms with van der Waals surface area (Å²) in [5.41, 5.74) is -0.0769. The summed E-state index contributed by atoms with van der Waals surface area (Å²) >= 11 is 8.75. The Morgan fingerprint density at radius 1 is 1.15 bits per heavy atom. The molecule has 0 amide bonds. The van der Waals surface area contributed by atoms with Crippen LogP contribution in [0.25, 0.3) is 0 Å². The Hall–Kier alpha value is -2.01. The fourth-order valence-electron chi connectivity index (χ4n) is 1.88. The number of esters is 1. The van der Waals surface area contributed by atoms with Crippen molar-refractivity contribution in [1.82, 2.24) is 0 Å². The molecule has 27 heavy (non-hydrogen) atoms. The van der Waals surface area contributed by atoms with Crippen molar-refractivity contribution in [3.8, 4) is 11.5 Å². The zero-order chi connectivity index (χ0) is 20.2. The third-order valence-corrected chi connectivity index (χ3v) is 4.45. The maximum Gasteiger partial charge on any atom is 0.573 e. The fourth-order valence-corrected chi connectivity index (χ4v) is 2.71. The second kappa shape index (κ2) is 8.79. The molecule has 0 aliphatic rings. The van der Waals surface area contributed by atoms with E-state index in [9.17, 15) is 26.7 Å². The minimum absolute atomic E-state index is 0.0315. The molecule has 6 nitrogen and oxygen atoms in total. The lowest BCUT2D eigenvalue weighted by Crippen LogP contribution is -2.33. The summed E-state index contributed by atoms with van der Waals surface area (Å²) in [6.45, 7) is -0.752. The van der Waals surface area contributed by atoms with Crippen LogP contribution >= 0.6 is 23.2 Å². The van der Waals surface area contributed by atoms with Gasteiger partial charge in [-0.3, -0.25) is 8.51 Å². The number of benzene rings is 2. The third kappa shape index (κ3) is 6.28. The molecule has 0 spiro atoms. The van der Waals surface area contributed by atoms with Crippen LogP contribution in [0.4, 0.5) is 18.9 Å². The van der Waals surface area contributed by atoms with Gasteiger partial charge in [-0.1, -0.05) is 29.3 Å². The molecule has 0 fully saturated rings. The highest BCUT2D eigenvalue weighted by Gasteiger charge is 2.31. The van der Waals surface area contributed by atoms with Crippen LogP contribution < -0.4 is 13.8 Å². The van der Waals surface area contributed by atoms with Crippen molar-refractivity contribution in [3.63, 3.8) is 0 Å². The molecule has 2 aromatic carbocycles. The normalized spacial score (nSPS) is 12.4. The molecular weight excluding hydrogens is 434 g/mol. The molecule has 1 atom stereocenters. The number of nitrogens with zero attached hydrogens (tertiary/aromatic N) is 1. The Labute approximate surface area is 163 Å². The lowest BCUT2D eigenvalue weighted by molar-refractivity contribution is -0.274. The fraction of sp³-hybridized carbons (Fsp3) is 0.133. The number of anilines is 1. The number of ether oxygens (including phenoxy) is 2. The molecule has 146 valence electrons. The number of hydrogen-bond donors (Lipinski definition) is 0.